The van der Waals surface area contributed by atoms with E-state index in [9.17, 15) is 49.5 Å². The SMILES string of the molecule is O=C(O)c1c(OC2CN(C(=O)C[C@H]3CCCN3)C2)ccc2c1O[B-](O)(O)CC2.O=C(O)c1c(OC2CN(C(=O)C[C@H]3CCCN3)C2)ccc2c1O[B-](O)(O)CC2.[Na+].[Na+]. The molecule has 0 saturated carbocycles. The fourth-order valence-corrected chi connectivity index (χ4v) is 8.00. The number of hydrogen-bond donors (Lipinski definition) is 8. The summed E-state index contributed by atoms with van der Waals surface area (Å²) in [5, 5.41) is 64.9. The molecule has 0 unspecified atom stereocenters. The number of amides is 2. The fourth-order valence-electron chi connectivity index (χ4n) is 8.00. The van der Waals surface area contributed by atoms with E-state index in [0.29, 0.717) is 63.0 Å². The van der Waals surface area contributed by atoms with Gasteiger partial charge in [-0.25, -0.2) is 9.59 Å². The summed E-state index contributed by atoms with van der Waals surface area (Å²) in [6, 6.07) is 6.96. The molecule has 0 spiro atoms. The second-order valence-electron chi connectivity index (χ2n) is 15.6. The maximum Gasteiger partial charge on any atom is 1.00 e. The summed E-state index contributed by atoms with van der Waals surface area (Å²) in [4.78, 5) is 51.5. The number of carboxylic acids is 2. The van der Waals surface area contributed by atoms with Gasteiger partial charge in [-0.15, -0.1) is 0 Å². The fraction of sp³-hybridized carbons (Fsp3) is 0.556. The van der Waals surface area contributed by atoms with E-state index in [2.05, 4.69) is 10.6 Å². The van der Waals surface area contributed by atoms with Crippen LogP contribution in [0, 0.1) is 0 Å². The number of carbonyl (C=O) groups is 4. The summed E-state index contributed by atoms with van der Waals surface area (Å²) in [5.41, 5.74) is 0.762. The van der Waals surface area contributed by atoms with Crippen LogP contribution in [0.3, 0.4) is 0 Å². The third-order valence-electron chi connectivity index (χ3n) is 11.2. The smallest absolute Gasteiger partial charge is 0.669 e. The molecule has 4 fully saturated rings. The van der Waals surface area contributed by atoms with Crippen LogP contribution in [0.25, 0.3) is 0 Å². The number of benzene rings is 2. The van der Waals surface area contributed by atoms with Crippen LogP contribution in [0.4, 0.5) is 0 Å². The molecule has 4 saturated heterocycles. The Kier molecular flexibility index (Phi) is 15.6. The van der Waals surface area contributed by atoms with Crippen molar-refractivity contribution in [3.8, 4) is 23.0 Å². The van der Waals surface area contributed by atoms with Gasteiger partial charge in [-0.3, -0.25) is 9.59 Å². The van der Waals surface area contributed by atoms with Crippen molar-refractivity contribution in [1.29, 1.82) is 0 Å². The number of rotatable bonds is 10. The van der Waals surface area contributed by atoms with Gasteiger partial charge in [0.1, 0.15) is 34.8 Å². The van der Waals surface area contributed by atoms with E-state index in [0.717, 1.165) is 38.8 Å². The predicted molar refractivity (Wildman–Crippen MR) is 199 cm³/mol. The van der Waals surface area contributed by atoms with E-state index >= 15 is 0 Å². The average molecular weight is 828 g/mol. The Morgan fingerprint density at radius 3 is 1.36 bits per heavy atom. The Hall–Kier alpha value is -2.59. The van der Waals surface area contributed by atoms with Crippen LogP contribution in [0.5, 0.6) is 23.0 Å². The first-order chi connectivity index (χ1) is 26.6. The van der Waals surface area contributed by atoms with Crippen molar-refractivity contribution < 1.29 is 127 Å². The molecule has 0 aliphatic carbocycles. The van der Waals surface area contributed by atoms with Crippen molar-refractivity contribution in [2.45, 2.75) is 88.3 Å². The first kappa shape index (κ1) is 46.5. The van der Waals surface area contributed by atoms with E-state index in [1.165, 1.54) is 0 Å². The predicted octanol–water partition coefficient (Wildman–Crippen LogP) is -6.04. The Morgan fingerprint density at radius 2 is 1.03 bits per heavy atom. The molecule has 304 valence electrons. The number of carbonyl (C=O) groups excluding carboxylic acids is 2. The summed E-state index contributed by atoms with van der Waals surface area (Å²) in [6.45, 7) is -2.65. The van der Waals surface area contributed by atoms with Crippen LogP contribution in [-0.2, 0) is 22.4 Å². The third-order valence-corrected chi connectivity index (χ3v) is 11.2. The summed E-state index contributed by atoms with van der Waals surface area (Å²) in [7, 11) is 0. The molecule has 8 rings (SSSR count). The Bertz CT molecular complexity index is 1720. The molecule has 0 aromatic heterocycles. The van der Waals surface area contributed by atoms with Gasteiger partial charge in [-0.05, 0) is 74.9 Å². The number of ether oxygens (including phenoxy) is 2. The zero-order valence-electron chi connectivity index (χ0n) is 32.9. The van der Waals surface area contributed by atoms with Gasteiger partial charge >= 0.3 is 84.6 Å². The van der Waals surface area contributed by atoms with Gasteiger partial charge in [0.2, 0.25) is 11.8 Å². The largest absolute Gasteiger partial charge is 1.00 e. The van der Waals surface area contributed by atoms with Crippen molar-refractivity contribution in [1.82, 2.24) is 20.4 Å². The topological polar surface area (TPSA) is 257 Å². The minimum atomic E-state index is -3.07. The number of likely N-dealkylation sites (tertiary alicyclic amines) is 2. The van der Waals surface area contributed by atoms with E-state index in [4.69, 9.17) is 18.8 Å². The number of aryl methyl sites for hydroxylation is 2. The normalized spacial score (nSPS) is 22.7. The first-order valence-corrected chi connectivity index (χ1v) is 19.4. The van der Waals surface area contributed by atoms with Crippen LogP contribution in [0.2, 0.25) is 12.6 Å². The number of hydrogen-bond acceptors (Lipinski definition) is 14. The summed E-state index contributed by atoms with van der Waals surface area (Å²) >= 11 is 0. The number of aromatic carboxylic acids is 2. The molecule has 22 heteroatoms. The molecule has 2 atom stereocenters. The Labute approximate surface area is 379 Å². The van der Waals surface area contributed by atoms with Crippen molar-refractivity contribution in [3.63, 3.8) is 0 Å². The summed E-state index contributed by atoms with van der Waals surface area (Å²) < 4.78 is 21.9. The quantitative estimate of drug-likeness (QED) is 0.104. The summed E-state index contributed by atoms with van der Waals surface area (Å²) in [5.74, 6) is -2.29. The molecule has 2 aromatic rings. The summed E-state index contributed by atoms with van der Waals surface area (Å²) in [6.07, 6.45) is 5.17. The van der Waals surface area contributed by atoms with Crippen LogP contribution < -0.4 is 88.5 Å². The maximum atomic E-state index is 12.3. The molecular weight excluding hydrogens is 780 g/mol. The van der Waals surface area contributed by atoms with Crippen LogP contribution in [-0.4, -0.2) is 141 Å². The minimum absolute atomic E-state index is 0. The number of nitrogens with one attached hydrogen (secondary N) is 2. The second kappa shape index (κ2) is 19.4. The molecular formula is C36H48B2N4Na2O14. The molecule has 2 amide bonds. The number of nitrogens with zero attached hydrogens (tertiary/aromatic N) is 2. The molecule has 6 heterocycles. The van der Waals surface area contributed by atoms with Crippen molar-refractivity contribution in [2.75, 3.05) is 39.3 Å². The minimum Gasteiger partial charge on any atom is -0.669 e. The van der Waals surface area contributed by atoms with Gasteiger partial charge in [0.25, 0.3) is 0 Å². The second-order valence-corrected chi connectivity index (χ2v) is 15.6. The van der Waals surface area contributed by atoms with Gasteiger partial charge in [-0.1, -0.05) is 24.8 Å². The van der Waals surface area contributed by atoms with Gasteiger partial charge in [0.05, 0.1) is 37.7 Å². The van der Waals surface area contributed by atoms with Crippen LogP contribution in [0.1, 0.15) is 70.4 Å². The zero-order valence-corrected chi connectivity index (χ0v) is 36.9. The molecule has 6 aliphatic rings. The molecule has 2 aromatic carbocycles. The Balaban J connectivity index is 0.000000214. The van der Waals surface area contributed by atoms with E-state index in [1.54, 1.807) is 34.1 Å². The number of carboxylic acid groups (broad SMARTS) is 2. The van der Waals surface area contributed by atoms with Crippen molar-refractivity contribution >= 4 is 37.3 Å². The molecule has 8 N–H and O–H groups in total. The van der Waals surface area contributed by atoms with Crippen molar-refractivity contribution in [2.24, 2.45) is 0 Å². The molecule has 0 bridgehead atoms. The monoisotopic (exact) mass is 828 g/mol. The van der Waals surface area contributed by atoms with Crippen LogP contribution in [0.15, 0.2) is 24.3 Å². The maximum absolute atomic E-state index is 12.3. The van der Waals surface area contributed by atoms with Crippen LogP contribution >= 0.6 is 0 Å². The first-order valence-electron chi connectivity index (χ1n) is 19.4. The van der Waals surface area contributed by atoms with Gasteiger partial charge in [0, 0.05) is 24.9 Å². The van der Waals surface area contributed by atoms with Gasteiger partial charge in [0.15, 0.2) is 0 Å². The molecule has 18 nitrogen and oxygen atoms in total. The van der Waals surface area contributed by atoms with E-state index in [1.807, 2.05) is 0 Å². The standard InChI is InChI=1S/2C18H24BN2O7.2Na/c2*22-15(8-12-2-1-7-20-12)21-9-13(10-21)27-14-4-3-11-5-6-19(25,26)28-17(11)16(14)18(23)24;;/h2*3-4,12-13,20,25-26H,1-2,5-10H2,(H,23,24);;/q2*-1;2*+1/t2*12-;;/m11../s1. The molecule has 6 aliphatic heterocycles. The Morgan fingerprint density at radius 1 is 0.655 bits per heavy atom. The third kappa shape index (κ3) is 11.0. The van der Waals surface area contributed by atoms with Gasteiger partial charge < -0.3 is 69.5 Å². The molecule has 58 heavy (non-hydrogen) atoms. The van der Waals surface area contributed by atoms with Gasteiger partial charge in [-0.2, -0.15) is 0 Å². The van der Waals surface area contributed by atoms with Crippen molar-refractivity contribution in [3.05, 3.63) is 46.5 Å². The van der Waals surface area contributed by atoms with E-state index < -0.39 is 25.4 Å². The average Bonchev–Trinajstić information content (AvgIpc) is 3.81. The number of fused-ring (bicyclic) bond motifs is 2. The molecule has 0 radical (unpaired) electrons. The zero-order chi connectivity index (χ0) is 39.8. The van der Waals surface area contributed by atoms with E-state index in [-0.39, 0.29) is 142 Å².